The number of fused-ring (bicyclic) bond motifs is 1. The van der Waals surface area contributed by atoms with E-state index < -0.39 is 22.0 Å². The summed E-state index contributed by atoms with van der Waals surface area (Å²) in [5.74, 6) is -0.438. The molecule has 0 unspecified atom stereocenters. The number of benzene rings is 4. The smallest absolute Gasteiger partial charge is 0.242 e. The van der Waals surface area contributed by atoms with Crippen LogP contribution in [0.3, 0.4) is 0 Å². The van der Waals surface area contributed by atoms with Gasteiger partial charge in [-0.05, 0) is 41.0 Å². The zero-order valence-electron chi connectivity index (χ0n) is 18.2. The predicted molar refractivity (Wildman–Crippen MR) is 129 cm³/mol. The molecule has 0 aliphatic heterocycles. The number of sulfonamides is 1. The standard InChI is InChI=1S/C27H27NO3S/c1-20-12-16-25(17-13-20)32(30,31)28(2)19-26(27(29)22-9-4-3-5-10-22)24-15-14-21-8-6-7-11-23(21)18-24/h3-18,26-27,29H,19H2,1-2H3/t26-,27-/m1/s1. The van der Waals surface area contributed by atoms with Gasteiger partial charge in [0.1, 0.15) is 0 Å². The highest BCUT2D eigenvalue weighted by atomic mass is 32.2. The minimum Gasteiger partial charge on any atom is -0.388 e. The highest BCUT2D eigenvalue weighted by Crippen LogP contribution is 2.34. The van der Waals surface area contributed by atoms with Crippen LogP contribution in [0.25, 0.3) is 10.8 Å². The fourth-order valence-electron chi connectivity index (χ4n) is 3.97. The molecule has 0 fully saturated rings. The molecule has 164 valence electrons. The van der Waals surface area contributed by atoms with Crippen molar-refractivity contribution in [1.82, 2.24) is 4.31 Å². The van der Waals surface area contributed by atoms with Gasteiger partial charge < -0.3 is 5.11 Å². The lowest BCUT2D eigenvalue weighted by Crippen LogP contribution is -2.33. The molecule has 0 aromatic heterocycles. The van der Waals surface area contributed by atoms with Crippen LogP contribution in [0.2, 0.25) is 0 Å². The predicted octanol–water partition coefficient (Wildman–Crippen LogP) is 5.29. The van der Waals surface area contributed by atoms with E-state index in [0.29, 0.717) is 0 Å². The van der Waals surface area contributed by atoms with Crippen LogP contribution in [0.5, 0.6) is 0 Å². The Hall–Kier alpha value is -2.99. The molecule has 0 aliphatic rings. The van der Waals surface area contributed by atoms with Crippen molar-refractivity contribution in [3.8, 4) is 0 Å². The van der Waals surface area contributed by atoms with Gasteiger partial charge >= 0.3 is 0 Å². The Morgan fingerprint density at radius 2 is 1.41 bits per heavy atom. The molecule has 0 saturated heterocycles. The van der Waals surface area contributed by atoms with Gasteiger partial charge in [-0.15, -0.1) is 0 Å². The number of rotatable bonds is 7. The first-order chi connectivity index (χ1) is 15.4. The Kier molecular flexibility index (Phi) is 6.42. The third-order valence-corrected chi connectivity index (χ3v) is 7.74. The van der Waals surface area contributed by atoms with Gasteiger partial charge in [0, 0.05) is 19.5 Å². The van der Waals surface area contributed by atoms with E-state index in [1.54, 1.807) is 31.3 Å². The lowest BCUT2D eigenvalue weighted by molar-refractivity contribution is 0.136. The molecular weight excluding hydrogens is 418 g/mol. The number of nitrogens with zero attached hydrogens (tertiary/aromatic N) is 1. The molecule has 0 spiro atoms. The van der Waals surface area contributed by atoms with E-state index in [0.717, 1.165) is 27.5 Å². The number of aryl methyl sites for hydroxylation is 1. The van der Waals surface area contributed by atoms with Crippen molar-refractivity contribution < 1.29 is 13.5 Å². The SMILES string of the molecule is Cc1ccc(S(=O)(=O)N(C)C[C@H](c2ccc3ccccc3c2)[C@H](O)c2ccccc2)cc1. The second-order valence-electron chi connectivity index (χ2n) is 8.17. The average molecular weight is 446 g/mol. The van der Waals surface area contributed by atoms with Crippen molar-refractivity contribution in [2.75, 3.05) is 13.6 Å². The van der Waals surface area contributed by atoms with Crippen LogP contribution in [0, 0.1) is 6.92 Å². The lowest BCUT2D eigenvalue weighted by atomic mass is 9.88. The maximum Gasteiger partial charge on any atom is 0.242 e. The molecule has 0 bridgehead atoms. The van der Waals surface area contributed by atoms with Gasteiger partial charge in [0.2, 0.25) is 10.0 Å². The van der Waals surface area contributed by atoms with Crippen molar-refractivity contribution in [3.63, 3.8) is 0 Å². The number of aliphatic hydroxyl groups excluding tert-OH is 1. The molecular formula is C27H27NO3S. The fraction of sp³-hybridized carbons (Fsp3) is 0.185. The molecule has 4 aromatic rings. The third kappa shape index (κ3) is 4.60. The molecule has 0 amide bonds. The third-order valence-electron chi connectivity index (χ3n) is 5.91. The molecule has 5 heteroatoms. The van der Waals surface area contributed by atoms with E-state index in [9.17, 15) is 13.5 Å². The highest BCUT2D eigenvalue weighted by molar-refractivity contribution is 7.89. The number of hydrogen-bond donors (Lipinski definition) is 1. The van der Waals surface area contributed by atoms with Crippen molar-refractivity contribution in [2.24, 2.45) is 0 Å². The van der Waals surface area contributed by atoms with Crippen LogP contribution in [0.15, 0.2) is 102 Å². The monoisotopic (exact) mass is 445 g/mol. The van der Waals surface area contributed by atoms with Gasteiger partial charge in [-0.3, -0.25) is 0 Å². The Morgan fingerprint density at radius 3 is 2.09 bits per heavy atom. The molecule has 4 aromatic carbocycles. The summed E-state index contributed by atoms with van der Waals surface area (Å²) in [5.41, 5.74) is 2.65. The van der Waals surface area contributed by atoms with Gasteiger partial charge in [0.05, 0.1) is 11.0 Å². The van der Waals surface area contributed by atoms with Crippen molar-refractivity contribution >= 4 is 20.8 Å². The number of aliphatic hydroxyl groups is 1. The maximum absolute atomic E-state index is 13.2. The Balaban J connectivity index is 1.72. The summed E-state index contributed by atoms with van der Waals surface area (Å²) in [5, 5.41) is 13.5. The van der Waals surface area contributed by atoms with Crippen LogP contribution in [0.4, 0.5) is 0 Å². The van der Waals surface area contributed by atoms with Gasteiger partial charge in [-0.1, -0.05) is 90.5 Å². The first-order valence-corrected chi connectivity index (χ1v) is 12.0. The first kappa shape index (κ1) is 22.2. The molecule has 0 heterocycles. The van der Waals surface area contributed by atoms with Crippen molar-refractivity contribution in [3.05, 3.63) is 114 Å². The largest absolute Gasteiger partial charge is 0.388 e. The highest BCUT2D eigenvalue weighted by Gasteiger charge is 2.29. The Labute approximate surface area is 189 Å². The average Bonchev–Trinajstić information content (AvgIpc) is 2.82. The summed E-state index contributed by atoms with van der Waals surface area (Å²) in [6.45, 7) is 2.07. The van der Waals surface area contributed by atoms with E-state index in [4.69, 9.17) is 0 Å². The molecule has 2 atom stereocenters. The molecule has 4 nitrogen and oxygen atoms in total. The van der Waals surface area contributed by atoms with Crippen LogP contribution < -0.4 is 0 Å². The fourth-order valence-corrected chi connectivity index (χ4v) is 5.17. The van der Waals surface area contributed by atoms with E-state index in [2.05, 4.69) is 0 Å². The topological polar surface area (TPSA) is 57.6 Å². The van der Waals surface area contributed by atoms with E-state index in [-0.39, 0.29) is 11.4 Å². The van der Waals surface area contributed by atoms with Gasteiger partial charge in [-0.2, -0.15) is 0 Å². The quantitative estimate of drug-likeness (QED) is 0.421. The van der Waals surface area contributed by atoms with Gasteiger partial charge in [-0.25, -0.2) is 12.7 Å². The second kappa shape index (κ2) is 9.25. The normalized spacial score (nSPS) is 13.9. The van der Waals surface area contributed by atoms with E-state index in [1.807, 2.05) is 79.7 Å². The van der Waals surface area contributed by atoms with Crippen molar-refractivity contribution in [1.29, 1.82) is 0 Å². The van der Waals surface area contributed by atoms with E-state index >= 15 is 0 Å². The summed E-state index contributed by atoms with van der Waals surface area (Å²) < 4.78 is 27.8. The minimum atomic E-state index is -3.69. The lowest BCUT2D eigenvalue weighted by Gasteiger charge is -2.28. The molecule has 32 heavy (non-hydrogen) atoms. The van der Waals surface area contributed by atoms with Crippen LogP contribution in [-0.2, 0) is 10.0 Å². The zero-order chi connectivity index (χ0) is 22.7. The summed E-state index contributed by atoms with van der Waals surface area (Å²) in [6.07, 6.45) is -0.854. The second-order valence-corrected chi connectivity index (χ2v) is 10.2. The van der Waals surface area contributed by atoms with E-state index in [1.165, 1.54) is 4.31 Å². The molecule has 0 saturated carbocycles. The Bertz CT molecular complexity index is 1300. The Morgan fingerprint density at radius 1 is 0.781 bits per heavy atom. The van der Waals surface area contributed by atoms with Gasteiger partial charge in [0.25, 0.3) is 0 Å². The summed E-state index contributed by atoms with van der Waals surface area (Å²) in [7, 11) is -2.12. The van der Waals surface area contributed by atoms with Crippen LogP contribution >= 0.6 is 0 Å². The number of likely N-dealkylation sites (N-methyl/N-ethyl adjacent to an activating group) is 1. The molecule has 1 N–H and O–H groups in total. The molecule has 0 radical (unpaired) electrons. The molecule has 0 aliphatic carbocycles. The van der Waals surface area contributed by atoms with Gasteiger partial charge in [0.15, 0.2) is 0 Å². The maximum atomic E-state index is 13.2. The zero-order valence-corrected chi connectivity index (χ0v) is 19.0. The summed E-state index contributed by atoms with van der Waals surface area (Å²) in [4.78, 5) is 0.247. The summed E-state index contributed by atoms with van der Waals surface area (Å²) in [6, 6.07) is 30.3. The minimum absolute atomic E-state index is 0.143. The van der Waals surface area contributed by atoms with Crippen LogP contribution in [0.1, 0.15) is 28.7 Å². The summed E-state index contributed by atoms with van der Waals surface area (Å²) >= 11 is 0. The molecule has 4 rings (SSSR count). The van der Waals surface area contributed by atoms with Crippen LogP contribution in [-0.4, -0.2) is 31.4 Å². The van der Waals surface area contributed by atoms with Crippen molar-refractivity contribution in [2.45, 2.75) is 23.8 Å². The number of hydrogen-bond acceptors (Lipinski definition) is 3. The first-order valence-electron chi connectivity index (χ1n) is 10.6.